The average Bonchev–Trinajstić information content (AvgIpc) is 2.83. The molecule has 5 heteroatoms. The summed E-state index contributed by atoms with van der Waals surface area (Å²) in [5.74, 6) is -0.568. The van der Waals surface area contributed by atoms with Crippen molar-refractivity contribution in [2.45, 2.75) is 25.3 Å². The lowest BCUT2D eigenvalue weighted by atomic mass is 9.91. The predicted molar refractivity (Wildman–Crippen MR) is 69.2 cm³/mol. The Morgan fingerprint density at radius 2 is 1.95 bits per heavy atom. The van der Waals surface area contributed by atoms with Crippen molar-refractivity contribution >= 4 is 11.9 Å². The van der Waals surface area contributed by atoms with E-state index in [4.69, 9.17) is 4.74 Å². The fourth-order valence-corrected chi connectivity index (χ4v) is 2.65. The topological polar surface area (TPSA) is 66.8 Å². The zero-order valence-corrected chi connectivity index (χ0v) is 11.0. The number of carboxylic acid groups (broad SMARTS) is 1. The first-order chi connectivity index (χ1) is 9.04. The van der Waals surface area contributed by atoms with Gasteiger partial charge in [0.05, 0.1) is 7.11 Å². The van der Waals surface area contributed by atoms with Crippen LogP contribution in [0.4, 0.5) is 0 Å². The molecule has 0 radical (unpaired) electrons. The van der Waals surface area contributed by atoms with Crippen molar-refractivity contribution in [1.82, 2.24) is 4.90 Å². The monoisotopic (exact) mass is 263 g/mol. The summed E-state index contributed by atoms with van der Waals surface area (Å²) >= 11 is 0. The van der Waals surface area contributed by atoms with E-state index < -0.39 is 12.0 Å². The quantitative estimate of drug-likeness (QED) is 0.897. The molecule has 1 heterocycles. The molecule has 19 heavy (non-hydrogen) atoms. The zero-order chi connectivity index (χ0) is 14.0. The Bertz CT molecular complexity index is 483. The zero-order valence-electron chi connectivity index (χ0n) is 11.0. The molecule has 1 amide bonds. The van der Waals surface area contributed by atoms with Crippen LogP contribution in [0.3, 0.4) is 0 Å². The van der Waals surface area contributed by atoms with Crippen LogP contribution < -0.4 is 4.74 Å². The number of hydrogen-bond acceptors (Lipinski definition) is 3. The second-order valence-corrected chi connectivity index (χ2v) is 4.66. The maximum Gasteiger partial charge on any atom is 0.327 e. The van der Waals surface area contributed by atoms with Crippen molar-refractivity contribution in [2.24, 2.45) is 0 Å². The van der Waals surface area contributed by atoms with Crippen LogP contribution in [-0.4, -0.2) is 41.6 Å². The Hall–Kier alpha value is -2.04. The van der Waals surface area contributed by atoms with E-state index in [1.54, 1.807) is 7.11 Å². The first-order valence-corrected chi connectivity index (χ1v) is 6.18. The van der Waals surface area contributed by atoms with Crippen LogP contribution in [0, 0.1) is 0 Å². The lowest BCUT2D eigenvalue weighted by Gasteiger charge is -2.23. The minimum absolute atomic E-state index is 0.160. The molecule has 0 saturated carbocycles. The largest absolute Gasteiger partial charge is 0.497 e. The van der Waals surface area contributed by atoms with Crippen LogP contribution in [0.5, 0.6) is 5.75 Å². The fourth-order valence-electron chi connectivity index (χ4n) is 2.65. The Labute approximate surface area is 111 Å². The Morgan fingerprint density at radius 3 is 2.42 bits per heavy atom. The van der Waals surface area contributed by atoms with E-state index in [0.29, 0.717) is 13.0 Å². The molecule has 1 saturated heterocycles. The number of carboxylic acids is 1. The molecule has 1 aliphatic rings. The molecule has 102 valence electrons. The summed E-state index contributed by atoms with van der Waals surface area (Å²) in [6.07, 6.45) is 0.670. The number of carbonyl (C=O) groups is 2. The number of amides is 1. The van der Waals surface area contributed by atoms with Gasteiger partial charge in [-0.3, -0.25) is 4.79 Å². The van der Waals surface area contributed by atoms with E-state index in [-0.39, 0.29) is 11.8 Å². The molecule has 0 unspecified atom stereocenters. The lowest BCUT2D eigenvalue weighted by molar-refractivity contribution is -0.147. The van der Waals surface area contributed by atoms with Gasteiger partial charge < -0.3 is 14.7 Å². The van der Waals surface area contributed by atoms with Gasteiger partial charge in [-0.05, 0) is 24.1 Å². The number of rotatable bonds is 3. The number of aliphatic carboxylic acids is 1. The van der Waals surface area contributed by atoms with Gasteiger partial charge in [0.2, 0.25) is 5.91 Å². The first kappa shape index (κ1) is 13.4. The highest BCUT2D eigenvalue weighted by atomic mass is 16.5. The van der Waals surface area contributed by atoms with Crippen molar-refractivity contribution in [2.75, 3.05) is 13.7 Å². The van der Waals surface area contributed by atoms with Gasteiger partial charge in [-0.25, -0.2) is 4.79 Å². The van der Waals surface area contributed by atoms with Gasteiger partial charge in [0.25, 0.3) is 0 Å². The van der Waals surface area contributed by atoms with E-state index in [0.717, 1.165) is 11.3 Å². The van der Waals surface area contributed by atoms with Crippen molar-refractivity contribution < 1.29 is 19.4 Å². The standard InChI is InChI=1S/C14H17NO4/c1-9(16)15-8-7-12(13(15)14(17)18)10-3-5-11(19-2)6-4-10/h3-6,12-13H,7-8H2,1-2H3,(H,17,18)/t12-,13+/m1/s1. The summed E-state index contributed by atoms with van der Waals surface area (Å²) in [5, 5.41) is 9.35. The molecular weight excluding hydrogens is 246 g/mol. The normalized spacial score (nSPS) is 22.3. The molecular formula is C14H17NO4. The highest BCUT2D eigenvalue weighted by Gasteiger charge is 2.41. The van der Waals surface area contributed by atoms with Crippen LogP contribution in [0.2, 0.25) is 0 Å². The third-order valence-electron chi connectivity index (χ3n) is 3.60. The fraction of sp³-hybridized carbons (Fsp3) is 0.429. The molecule has 1 aromatic carbocycles. The number of methoxy groups -OCH3 is 1. The van der Waals surface area contributed by atoms with E-state index in [1.807, 2.05) is 24.3 Å². The summed E-state index contributed by atoms with van der Waals surface area (Å²) < 4.78 is 5.08. The van der Waals surface area contributed by atoms with Crippen LogP contribution in [0.15, 0.2) is 24.3 Å². The van der Waals surface area contributed by atoms with Gasteiger partial charge >= 0.3 is 5.97 Å². The summed E-state index contributed by atoms with van der Waals surface area (Å²) in [5.41, 5.74) is 0.928. The van der Waals surface area contributed by atoms with Gasteiger partial charge in [-0.2, -0.15) is 0 Å². The second-order valence-electron chi connectivity index (χ2n) is 4.66. The molecule has 1 fully saturated rings. The molecule has 1 aliphatic heterocycles. The molecule has 0 bridgehead atoms. The van der Waals surface area contributed by atoms with Crippen molar-refractivity contribution in [3.63, 3.8) is 0 Å². The summed E-state index contributed by atoms with van der Waals surface area (Å²) in [4.78, 5) is 24.3. The smallest absolute Gasteiger partial charge is 0.327 e. The maximum atomic E-state index is 11.5. The predicted octanol–water partition coefficient (Wildman–Crippen LogP) is 1.48. The number of nitrogens with zero attached hydrogens (tertiary/aromatic N) is 1. The number of ether oxygens (including phenoxy) is 1. The van der Waals surface area contributed by atoms with Crippen LogP contribution in [-0.2, 0) is 9.59 Å². The van der Waals surface area contributed by atoms with Gasteiger partial charge in [0.15, 0.2) is 0 Å². The summed E-state index contributed by atoms with van der Waals surface area (Å²) in [6, 6.07) is 6.58. The SMILES string of the molecule is COc1ccc([C@H]2CCN(C(C)=O)[C@@H]2C(=O)O)cc1. The van der Waals surface area contributed by atoms with E-state index in [2.05, 4.69) is 0 Å². The first-order valence-electron chi connectivity index (χ1n) is 6.18. The highest BCUT2D eigenvalue weighted by Crippen LogP contribution is 2.34. The molecule has 0 spiro atoms. The number of benzene rings is 1. The Kier molecular flexibility index (Phi) is 3.74. The van der Waals surface area contributed by atoms with E-state index in [9.17, 15) is 14.7 Å². The summed E-state index contributed by atoms with van der Waals surface area (Å²) in [7, 11) is 1.59. The minimum atomic E-state index is -0.950. The Balaban J connectivity index is 2.27. The maximum absolute atomic E-state index is 11.5. The van der Waals surface area contributed by atoms with E-state index in [1.165, 1.54) is 11.8 Å². The lowest BCUT2D eigenvalue weighted by Crippen LogP contribution is -2.41. The van der Waals surface area contributed by atoms with Gasteiger partial charge in [0.1, 0.15) is 11.8 Å². The van der Waals surface area contributed by atoms with Crippen LogP contribution in [0.1, 0.15) is 24.8 Å². The highest BCUT2D eigenvalue weighted by molar-refractivity contribution is 5.84. The third kappa shape index (κ3) is 2.54. The second kappa shape index (κ2) is 5.30. The summed E-state index contributed by atoms with van der Waals surface area (Å²) in [6.45, 7) is 1.90. The van der Waals surface area contributed by atoms with Crippen molar-refractivity contribution in [1.29, 1.82) is 0 Å². The minimum Gasteiger partial charge on any atom is -0.497 e. The van der Waals surface area contributed by atoms with Crippen LogP contribution >= 0.6 is 0 Å². The number of hydrogen-bond donors (Lipinski definition) is 1. The molecule has 1 N–H and O–H groups in total. The molecule has 0 aliphatic carbocycles. The molecule has 1 aromatic rings. The van der Waals surface area contributed by atoms with Crippen molar-refractivity contribution in [3.05, 3.63) is 29.8 Å². The number of likely N-dealkylation sites (tertiary alicyclic amines) is 1. The molecule has 0 aromatic heterocycles. The molecule has 2 atom stereocenters. The Morgan fingerprint density at radius 1 is 1.32 bits per heavy atom. The average molecular weight is 263 g/mol. The van der Waals surface area contributed by atoms with Crippen molar-refractivity contribution in [3.8, 4) is 5.75 Å². The van der Waals surface area contributed by atoms with Gasteiger partial charge in [0, 0.05) is 19.4 Å². The molecule has 5 nitrogen and oxygen atoms in total. The van der Waals surface area contributed by atoms with Gasteiger partial charge in [-0.15, -0.1) is 0 Å². The molecule has 2 rings (SSSR count). The van der Waals surface area contributed by atoms with Crippen LogP contribution in [0.25, 0.3) is 0 Å². The third-order valence-corrected chi connectivity index (χ3v) is 3.60. The number of carbonyl (C=O) groups excluding carboxylic acids is 1. The van der Waals surface area contributed by atoms with Gasteiger partial charge in [-0.1, -0.05) is 12.1 Å². The van der Waals surface area contributed by atoms with E-state index >= 15 is 0 Å².